The van der Waals surface area contributed by atoms with Crippen LogP contribution < -0.4 is 10.1 Å². The number of amides is 1. The van der Waals surface area contributed by atoms with Crippen molar-refractivity contribution < 1.29 is 23.5 Å². The number of halogens is 1. The zero-order valence-corrected chi connectivity index (χ0v) is 15.2. The molecule has 2 aromatic carbocycles. The van der Waals surface area contributed by atoms with Crippen molar-refractivity contribution in [3.8, 4) is 5.75 Å². The van der Waals surface area contributed by atoms with Gasteiger partial charge in [0.15, 0.2) is 5.60 Å². The Morgan fingerprint density at radius 2 is 1.93 bits per heavy atom. The molecular weight excluding hydrogens is 349 g/mol. The van der Waals surface area contributed by atoms with Crippen LogP contribution in [0.15, 0.2) is 48.5 Å². The molecule has 1 unspecified atom stereocenters. The van der Waals surface area contributed by atoms with E-state index in [1.165, 1.54) is 12.1 Å². The minimum atomic E-state index is -1.20. The van der Waals surface area contributed by atoms with Gasteiger partial charge in [-0.15, -0.1) is 0 Å². The van der Waals surface area contributed by atoms with Gasteiger partial charge < -0.3 is 14.8 Å². The zero-order chi connectivity index (χ0) is 19.3. The van der Waals surface area contributed by atoms with Crippen LogP contribution in [0.5, 0.6) is 5.75 Å². The minimum Gasteiger partial charge on any atom is -0.494 e. The third kappa shape index (κ3) is 4.64. The molecule has 1 heterocycles. The fraction of sp³-hybridized carbons (Fsp3) is 0.333. The van der Waals surface area contributed by atoms with Crippen molar-refractivity contribution in [1.82, 2.24) is 5.32 Å². The highest BCUT2D eigenvalue weighted by atomic mass is 19.1. The molecule has 1 atom stereocenters. The molecule has 0 bridgehead atoms. The van der Waals surface area contributed by atoms with Gasteiger partial charge in [0.05, 0.1) is 12.2 Å². The number of benzene rings is 2. The number of esters is 1. The molecule has 6 heteroatoms. The molecule has 3 rings (SSSR count). The maximum absolute atomic E-state index is 12.8. The number of ether oxygens (including phenoxy) is 2. The fourth-order valence-corrected chi connectivity index (χ4v) is 3.00. The van der Waals surface area contributed by atoms with Gasteiger partial charge in [-0.1, -0.05) is 18.2 Å². The largest absolute Gasteiger partial charge is 0.494 e. The van der Waals surface area contributed by atoms with Crippen LogP contribution in [0.25, 0.3) is 0 Å². The molecule has 2 aromatic rings. The number of cyclic esters (lactones) is 1. The van der Waals surface area contributed by atoms with Gasteiger partial charge in [0.25, 0.3) is 5.91 Å². The molecule has 0 aromatic heterocycles. The molecule has 5 nitrogen and oxygen atoms in total. The van der Waals surface area contributed by atoms with Crippen LogP contribution in [-0.4, -0.2) is 30.6 Å². The Morgan fingerprint density at radius 1 is 1.19 bits per heavy atom. The average Bonchev–Trinajstić information content (AvgIpc) is 2.65. The van der Waals surface area contributed by atoms with Gasteiger partial charge in [-0.05, 0) is 55.7 Å². The van der Waals surface area contributed by atoms with Gasteiger partial charge in [0.1, 0.15) is 11.6 Å². The maximum Gasteiger partial charge on any atom is 0.339 e. The first kappa shape index (κ1) is 18.9. The van der Waals surface area contributed by atoms with Gasteiger partial charge in [0.2, 0.25) is 0 Å². The van der Waals surface area contributed by atoms with Gasteiger partial charge in [0, 0.05) is 13.0 Å². The maximum atomic E-state index is 12.8. The summed E-state index contributed by atoms with van der Waals surface area (Å²) in [7, 11) is 0. The molecule has 1 N–H and O–H groups in total. The Hall–Kier alpha value is -2.89. The number of nitrogens with one attached hydrogen (secondary N) is 1. The molecule has 0 saturated carbocycles. The summed E-state index contributed by atoms with van der Waals surface area (Å²) in [5, 5.41) is 2.83. The van der Waals surface area contributed by atoms with E-state index in [0.29, 0.717) is 37.3 Å². The second-order valence-corrected chi connectivity index (χ2v) is 6.72. The Balaban J connectivity index is 1.41. The topological polar surface area (TPSA) is 64.6 Å². The minimum absolute atomic E-state index is 0.301. The number of hydrogen-bond acceptors (Lipinski definition) is 4. The average molecular weight is 371 g/mol. The number of fused-ring (bicyclic) bond motifs is 1. The first-order valence-corrected chi connectivity index (χ1v) is 8.96. The molecule has 0 aliphatic carbocycles. The highest BCUT2D eigenvalue weighted by molar-refractivity contribution is 5.97. The lowest BCUT2D eigenvalue weighted by Gasteiger charge is -2.33. The molecular formula is C21H22FNO4. The number of hydrogen-bond donors (Lipinski definition) is 1. The van der Waals surface area contributed by atoms with Crippen LogP contribution >= 0.6 is 0 Å². The summed E-state index contributed by atoms with van der Waals surface area (Å²) >= 11 is 0. The summed E-state index contributed by atoms with van der Waals surface area (Å²) in [5.74, 6) is -0.461. The Labute approximate surface area is 157 Å². The summed E-state index contributed by atoms with van der Waals surface area (Å²) in [6, 6.07) is 13.0. The van der Waals surface area contributed by atoms with E-state index < -0.39 is 11.6 Å². The smallest absolute Gasteiger partial charge is 0.339 e. The molecule has 1 aliphatic heterocycles. The van der Waals surface area contributed by atoms with E-state index in [9.17, 15) is 14.0 Å². The van der Waals surface area contributed by atoms with E-state index in [1.54, 1.807) is 31.2 Å². The van der Waals surface area contributed by atoms with Crippen molar-refractivity contribution in [2.24, 2.45) is 0 Å². The lowest BCUT2D eigenvalue weighted by Crippen LogP contribution is -2.51. The van der Waals surface area contributed by atoms with E-state index in [4.69, 9.17) is 9.47 Å². The Kier molecular flexibility index (Phi) is 5.74. The van der Waals surface area contributed by atoms with Crippen LogP contribution in [0, 0.1) is 5.82 Å². The van der Waals surface area contributed by atoms with Crippen LogP contribution in [0.1, 0.15) is 35.7 Å². The van der Waals surface area contributed by atoms with E-state index in [2.05, 4.69) is 5.32 Å². The van der Waals surface area contributed by atoms with E-state index in [1.807, 2.05) is 12.1 Å². The predicted molar refractivity (Wildman–Crippen MR) is 98.1 cm³/mol. The van der Waals surface area contributed by atoms with Crippen LogP contribution in [0.4, 0.5) is 4.39 Å². The highest BCUT2D eigenvalue weighted by Gasteiger charge is 2.42. The van der Waals surface area contributed by atoms with Gasteiger partial charge >= 0.3 is 5.97 Å². The summed E-state index contributed by atoms with van der Waals surface area (Å²) in [4.78, 5) is 24.6. The van der Waals surface area contributed by atoms with E-state index in [-0.39, 0.29) is 11.7 Å². The third-order valence-electron chi connectivity index (χ3n) is 4.50. The number of carbonyl (C=O) groups is 2. The summed E-state index contributed by atoms with van der Waals surface area (Å²) in [6.07, 6.45) is 1.80. The molecule has 0 fully saturated rings. The van der Waals surface area contributed by atoms with Crippen molar-refractivity contribution in [3.05, 3.63) is 65.5 Å². The predicted octanol–water partition coefficient (Wildman–Crippen LogP) is 3.27. The number of unbranched alkanes of at least 4 members (excludes halogenated alkanes) is 1. The van der Waals surface area contributed by atoms with Gasteiger partial charge in [-0.2, -0.15) is 0 Å². The van der Waals surface area contributed by atoms with Gasteiger partial charge in [-0.3, -0.25) is 4.79 Å². The lowest BCUT2D eigenvalue weighted by molar-refractivity contribution is -0.139. The molecule has 1 amide bonds. The number of rotatable bonds is 7. The number of carbonyl (C=O) groups excluding carboxylic acids is 2. The normalized spacial score (nSPS) is 18.4. The van der Waals surface area contributed by atoms with Crippen LogP contribution in [-0.2, 0) is 16.0 Å². The summed E-state index contributed by atoms with van der Waals surface area (Å²) in [6.45, 7) is 2.56. The van der Waals surface area contributed by atoms with Crippen molar-refractivity contribution in [1.29, 1.82) is 0 Å². The fourth-order valence-electron chi connectivity index (χ4n) is 3.00. The first-order chi connectivity index (χ1) is 13.0. The second kappa shape index (κ2) is 8.20. The van der Waals surface area contributed by atoms with Crippen LogP contribution in [0.2, 0.25) is 0 Å². The Bertz CT molecular complexity index is 821. The van der Waals surface area contributed by atoms with Gasteiger partial charge in [-0.25, -0.2) is 9.18 Å². The van der Waals surface area contributed by atoms with Crippen molar-refractivity contribution in [3.63, 3.8) is 0 Å². The molecule has 27 heavy (non-hydrogen) atoms. The second-order valence-electron chi connectivity index (χ2n) is 6.72. The zero-order valence-electron chi connectivity index (χ0n) is 15.2. The van der Waals surface area contributed by atoms with Crippen molar-refractivity contribution >= 4 is 11.9 Å². The van der Waals surface area contributed by atoms with E-state index >= 15 is 0 Å². The van der Waals surface area contributed by atoms with Crippen LogP contribution in [0.3, 0.4) is 0 Å². The van der Waals surface area contributed by atoms with E-state index in [0.717, 1.165) is 12.0 Å². The third-order valence-corrected chi connectivity index (χ3v) is 4.50. The summed E-state index contributed by atoms with van der Waals surface area (Å²) < 4.78 is 23.7. The standard InChI is InChI=1S/C21H22FNO4/c1-21(14-15-6-2-3-7-18(15)19(24)27-21)20(25)23-12-4-5-13-26-17-10-8-16(22)9-11-17/h2-3,6-11H,4-5,12-14H2,1H3,(H,23,25). The lowest BCUT2D eigenvalue weighted by atomic mass is 9.89. The summed E-state index contributed by atoms with van der Waals surface area (Å²) in [5.41, 5.74) is 0.135. The molecule has 0 spiro atoms. The SMILES string of the molecule is CC1(C(=O)NCCCCOc2ccc(F)cc2)Cc2ccccc2C(=O)O1. The highest BCUT2D eigenvalue weighted by Crippen LogP contribution is 2.28. The molecule has 1 aliphatic rings. The molecule has 0 radical (unpaired) electrons. The van der Waals surface area contributed by atoms with Crippen molar-refractivity contribution in [2.45, 2.75) is 31.8 Å². The quantitative estimate of drug-likeness (QED) is 0.599. The first-order valence-electron chi connectivity index (χ1n) is 8.96. The monoisotopic (exact) mass is 371 g/mol. The Morgan fingerprint density at radius 3 is 2.70 bits per heavy atom. The molecule has 142 valence electrons. The molecule has 0 saturated heterocycles. The van der Waals surface area contributed by atoms with Crippen molar-refractivity contribution in [2.75, 3.05) is 13.2 Å².